The zero-order valence-corrected chi connectivity index (χ0v) is 18.8. The monoisotopic (exact) mass is 498 g/mol. The van der Waals surface area contributed by atoms with Crippen LogP contribution in [-0.2, 0) is 4.79 Å². The second kappa shape index (κ2) is 9.47. The van der Waals surface area contributed by atoms with Crippen molar-refractivity contribution in [2.75, 3.05) is 11.1 Å². The highest BCUT2D eigenvalue weighted by atomic mass is 79.9. The molecule has 1 aromatic heterocycles. The van der Waals surface area contributed by atoms with Crippen LogP contribution in [0.15, 0.2) is 88.5 Å². The number of halogens is 2. The average molecular weight is 500 g/mol. The number of anilines is 1. The average Bonchev–Trinajstić information content (AvgIpc) is 3.19. The highest BCUT2D eigenvalue weighted by molar-refractivity contribution is 9.10. The maximum absolute atomic E-state index is 12.5. The van der Waals surface area contributed by atoms with Crippen molar-refractivity contribution >= 4 is 50.9 Å². The second-order valence-corrected chi connectivity index (χ2v) is 8.57. The minimum atomic E-state index is -0.173. The van der Waals surface area contributed by atoms with E-state index < -0.39 is 0 Å². The number of hydrogen-bond donors (Lipinski definition) is 1. The lowest BCUT2D eigenvalue weighted by atomic mass is 10.2. The largest absolute Gasteiger partial charge is 0.324 e. The number of hydrogen-bond acceptors (Lipinski definition) is 4. The van der Waals surface area contributed by atoms with Gasteiger partial charge in [-0.15, -0.1) is 10.2 Å². The fourth-order valence-corrected chi connectivity index (χ4v) is 4.33. The Kier molecular flexibility index (Phi) is 6.52. The topological polar surface area (TPSA) is 59.8 Å². The van der Waals surface area contributed by atoms with Gasteiger partial charge in [0.1, 0.15) is 0 Å². The first-order valence-corrected chi connectivity index (χ1v) is 11.2. The van der Waals surface area contributed by atoms with Gasteiger partial charge >= 0.3 is 0 Å². The lowest BCUT2D eigenvalue weighted by Crippen LogP contribution is -2.15. The highest BCUT2D eigenvalue weighted by Gasteiger charge is 2.17. The Morgan fingerprint density at radius 2 is 1.70 bits per heavy atom. The second-order valence-electron chi connectivity index (χ2n) is 6.30. The normalized spacial score (nSPS) is 10.7. The molecule has 4 aromatic rings. The van der Waals surface area contributed by atoms with Gasteiger partial charge in [0.25, 0.3) is 0 Å². The number of amides is 1. The fraction of sp³-hybridized carbons (Fsp3) is 0.0455. The van der Waals surface area contributed by atoms with Crippen LogP contribution >= 0.6 is 39.3 Å². The number of para-hydroxylation sites is 1. The lowest BCUT2D eigenvalue weighted by Gasteiger charge is -2.11. The van der Waals surface area contributed by atoms with Crippen LogP contribution < -0.4 is 5.32 Å². The van der Waals surface area contributed by atoms with Gasteiger partial charge in [-0.1, -0.05) is 87.8 Å². The minimum absolute atomic E-state index is 0.173. The third-order valence-electron chi connectivity index (χ3n) is 4.22. The van der Waals surface area contributed by atoms with Crippen LogP contribution in [0.4, 0.5) is 5.69 Å². The molecule has 8 heteroatoms. The van der Waals surface area contributed by atoms with Crippen molar-refractivity contribution in [3.8, 4) is 17.1 Å². The summed E-state index contributed by atoms with van der Waals surface area (Å²) in [7, 11) is 0. The number of benzene rings is 3. The van der Waals surface area contributed by atoms with Crippen LogP contribution in [0.1, 0.15) is 0 Å². The number of nitrogens with zero attached hydrogens (tertiary/aromatic N) is 3. The molecule has 0 bridgehead atoms. The van der Waals surface area contributed by atoms with Crippen LogP contribution in [0.25, 0.3) is 17.1 Å². The van der Waals surface area contributed by atoms with Gasteiger partial charge in [-0.3, -0.25) is 9.36 Å². The molecule has 1 N–H and O–H groups in total. The minimum Gasteiger partial charge on any atom is -0.324 e. The van der Waals surface area contributed by atoms with Crippen molar-refractivity contribution in [3.63, 3.8) is 0 Å². The SMILES string of the molecule is O=C(CSc1nnc(-c2ccccc2)n1-c1ccccc1)Nc1ccc(Br)cc1Cl. The van der Waals surface area contributed by atoms with Gasteiger partial charge < -0.3 is 5.32 Å². The Balaban J connectivity index is 1.57. The van der Waals surface area contributed by atoms with E-state index in [-0.39, 0.29) is 11.7 Å². The molecule has 0 radical (unpaired) electrons. The number of thioether (sulfide) groups is 1. The Morgan fingerprint density at radius 1 is 1.00 bits per heavy atom. The number of nitrogens with one attached hydrogen (secondary N) is 1. The Morgan fingerprint density at radius 3 is 2.40 bits per heavy atom. The molecule has 0 spiro atoms. The van der Waals surface area contributed by atoms with E-state index >= 15 is 0 Å². The van der Waals surface area contributed by atoms with Crippen molar-refractivity contribution in [2.24, 2.45) is 0 Å². The number of carbonyl (C=O) groups is 1. The standard InChI is InChI=1S/C22H16BrClN4OS/c23-16-11-12-19(18(24)13-16)25-20(29)14-30-22-27-26-21(15-7-3-1-4-8-15)28(22)17-9-5-2-6-10-17/h1-13H,14H2,(H,25,29). The van der Waals surface area contributed by atoms with Crippen LogP contribution in [0, 0.1) is 0 Å². The van der Waals surface area contributed by atoms with Crippen LogP contribution in [0.3, 0.4) is 0 Å². The Labute approximate surface area is 191 Å². The Bertz CT molecular complexity index is 1170. The van der Waals surface area contributed by atoms with Crippen molar-refractivity contribution in [3.05, 3.63) is 88.4 Å². The third-order valence-corrected chi connectivity index (χ3v) is 5.95. The number of carbonyl (C=O) groups excluding carboxylic acids is 1. The van der Waals surface area contributed by atoms with E-state index in [0.29, 0.717) is 15.9 Å². The van der Waals surface area contributed by atoms with Gasteiger partial charge in [-0.05, 0) is 30.3 Å². The fourth-order valence-electron chi connectivity index (χ4n) is 2.85. The first-order valence-electron chi connectivity index (χ1n) is 9.06. The van der Waals surface area contributed by atoms with Gasteiger partial charge in [0, 0.05) is 15.7 Å². The predicted molar refractivity (Wildman–Crippen MR) is 125 cm³/mol. The predicted octanol–water partition coefficient (Wildman–Crippen LogP) is 6.08. The van der Waals surface area contributed by atoms with Gasteiger partial charge in [0.2, 0.25) is 5.91 Å². The molecule has 0 aliphatic carbocycles. The molecule has 0 aliphatic heterocycles. The molecule has 1 heterocycles. The molecule has 3 aromatic carbocycles. The van der Waals surface area contributed by atoms with Gasteiger partial charge in [0.15, 0.2) is 11.0 Å². The Hall–Kier alpha value is -2.61. The highest BCUT2D eigenvalue weighted by Crippen LogP contribution is 2.29. The molecule has 1 amide bonds. The summed E-state index contributed by atoms with van der Waals surface area (Å²) in [6.45, 7) is 0. The molecule has 5 nitrogen and oxygen atoms in total. The zero-order chi connectivity index (χ0) is 20.9. The molecule has 0 saturated heterocycles. The number of aromatic nitrogens is 3. The summed E-state index contributed by atoms with van der Waals surface area (Å²) in [6.07, 6.45) is 0. The van der Waals surface area contributed by atoms with Crippen molar-refractivity contribution < 1.29 is 4.79 Å². The smallest absolute Gasteiger partial charge is 0.234 e. The van der Waals surface area contributed by atoms with E-state index in [1.807, 2.05) is 71.3 Å². The third kappa shape index (κ3) is 4.75. The molecular weight excluding hydrogens is 484 g/mol. The van der Waals surface area contributed by atoms with Gasteiger partial charge in [-0.25, -0.2) is 0 Å². The maximum Gasteiger partial charge on any atom is 0.234 e. The zero-order valence-electron chi connectivity index (χ0n) is 15.6. The van der Waals surface area contributed by atoms with E-state index in [4.69, 9.17) is 11.6 Å². The molecule has 4 rings (SSSR count). The van der Waals surface area contributed by atoms with E-state index in [2.05, 4.69) is 31.4 Å². The molecule has 0 atom stereocenters. The summed E-state index contributed by atoms with van der Waals surface area (Å²) >= 11 is 10.9. The van der Waals surface area contributed by atoms with Crippen LogP contribution in [-0.4, -0.2) is 26.4 Å². The van der Waals surface area contributed by atoms with Crippen molar-refractivity contribution in [1.82, 2.24) is 14.8 Å². The van der Waals surface area contributed by atoms with Crippen molar-refractivity contribution in [1.29, 1.82) is 0 Å². The molecule has 30 heavy (non-hydrogen) atoms. The molecule has 0 unspecified atom stereocenters. The molecule has 150 valence electrons. The van der Waals surface area contributed by atoms with Gasteiger partial charge in [0.05, 0.1) is 16.5 Å². The summed E-state index contributed by atoms with van der Waals surface area (Å²) < 4.78 is 2.81. The van der Waals surface area contributed by atoms with Crippen molar-refractivity contribution in [2.45, 2.75) is 5.16 Å². The summed E-state index contributed by atoms with van der Waals surface area (Å²) in [5.41, 5.74) is 2.45. The van der Waals surface area contributed by atoms with Crippen LogP contribution in [0.2, 0.25) is 5.02 Å². The quantitative estimate of drug-likeness (QED) is 0.327. The summed E-state index contributed by atoms with van der Waals surface area (Å²) in [6, 6.07) is 25.0. The van der Waals surface area contributed by atoms with Crippen LogP contribution in [0.5, 0.6) is 0 Å². The van der Waals surface area contributed by atoms with E-state index in [1.54, 1.807) is 12.1 Å². The van der Waals surface area contributed by atoms with E-state index in [1.165, 1.54) is 11.8 Å². The molecule has 0 fully saturated rings. The summed E-state index contributed by atoms with van der Waals surface area (Å²) in [5.74, 6) is 0.723. The first kappa shape index (κ1) is 20.7. The summed E-state index contributed by atoms with van der Waals surface area (Å²) in [4.78, 5) is 12.5. The number of rotatable bonds is 6. The first-order chi connectivity index (χ1) is 14.6. The van der Waals surface area contributed by atoms with E-state index in [0.717, 1.165) is 21.5 Å². The van der Waals surface area contributed by atoms with E-state index in [9.17, 15) is 4.79 Å². The maximum atomic E-state index is 12.5. The molecular formula is C22H16BrClN4OS. The summed E-state index contributed by atoms with van der Waals surface area (Å²) in [5, 5.41) is 12.7. The lowest BCUT2D eigenvalue weighted by molar-refractivity contribution is -0.113. The molecule has 0 aliphatic rings. The van der Waals surface area contributed by atoms with Gasteiger partial charge in [-0.2, -0.15) is 0 Å². The molecule has 0 saturated carbocycles.